The van der Waals surface area contributed by atoms with Gasteiger partial charge in [0.05, 0.1) is 0 Å². The Labute approximate surface area is 90.0 Å². The van der Waals surface area contributed by atoms with Crippen molar-refractivity contribution in [1.29, 1.82) is 0 Å². The van der Waals surface area contributed by atoms with E-state index in [1.807, 2.05) is 12.1 Å². The molecule has 80 valence electrons. The predicted molar refractivity (Wildman–Crippen MR) is 60.3 cm³/mol. The van der Waals surface area contributed by atoms with Gasteiger partial charge in [-0.3, -0.25) is 0 Å². The third kappa shape index (κ3) is 1.70. The molecule has 0 aromatic heterocycles. The molecule has 1 heterocycles. The van der Waals surface area contributed by atoms with Crippen LogP contribution in [0.4, 0.5) is 4.39 Å². The van der Waals surface area contributed by atoms with Gasteiger partial charge in [0, 0.05) is 12.1 Å². The highest BCUT2D eigenvalue weighted by atomic mass is 19.1. The Bertz CT molecular complexity index is 386. The van der Waals surface area contributed by atoms with Crippen molar-refractivity contribution in [3.8, 4) is 0 Å². The van der Waals surface area contributed by atoms with Crippen LogP contribution in [0.5, 0.6) is 0 Å². The standard InChI is InChI=1S/C13H16FN/c1-3-8-13(2)11-5-4-6-12(14)10(11)7-9-15-13/h3-6,15H,1,7-9H2,2H3. The maximum absolute atomic E-state index is 13.6. The van der Waals surface area contributed by atoms with Gasteiger partial charge >= 0.3 is 0 Å². The second-order valence-corrected chi connectivity index (χ2v) is 4.27. The normalized spacial score (nSPS) is 24.7. The van der Waals surface area contributed by atoms with E-state index in [0.717, 1.165) is 30.5 Å². The van der Waals surface area contributed by atoms with E-state index >= 15 is 0 Å². The molecule has 0 fully saturated rings. The SMILES string of the molecule is C=CCC1(C)NCCc2c(F)cccc21. The van der Waals surface area contributed by atoms with Crippen LogP contribution in [0.2, 0.25) is 0 Å². The smallest absolute Gasteiger partial charge is 0.126 e. The van der Waals surface area contributed by atoms with E-state index < -0.39 is 0 Å². The molecular weight excluding hydrogens is 189 g/mol. The van der Waals surface area contributed by atoms with Gasteiger partial charge in [0.25, 0.3) is 0 Å². The van der Waals surface area contributed by atoms with Gasteiger partial charge in [-0.2, -0.15) is 0 Å². The van der Waals surface area contributed by atoms with Gasteiger partial charge in [0.15, 0.2) is 0 Å². The Kier molecular flexibility index (Phi) is 2.61. The van der Waals surface area contributed by atoms with Crippen LogP contribution in [0.15, 0.2) is 30.9 Å². The van der Waals surface area contributed by atoms with Crippen molar-refractivity contribution in [2.24, 2.45) is 0 Å². The summed E-state index contributed by atoms with van der Waals surface area (Å²) in [5, 5.41) is 3.44. The lowest BCUT2D eigenvalue weighted by Gasteiger charge is -2.36. The van der Waals surface area contributed by atoms with Crippen molar-refractivity contribution >= 4 is 0 Å². The molecule has 1 aliphatic heterocycles. The average molecular weight is 205 g/mol. The molecule has 2 rings (SSSR count). The van der Waals surface area contributed by atoms with E-state index in [4.69, 9.17) is 0 Å². The number of hydrogen-bond donors (Lipinski definition) is 1. The highest BCUT2D eigenvalue weighted by Gasteiger charge is 2.31. The second kappa shape index (κ2) is 3.78. The molecule has 1 aromatic rings. The lowest BCUT2D eigenvalue weighted by molar-refractivity contribution is 0.345. The highest BCUT2D eigenvalue weighted by molar-refractivity contribution is 5.37. The molecule has 15 heavy (non-hydrogen) atoms. The molecule has 0 saturated heterocycles. The van der Waals surface area contributed by atoms with Crippen molar-refractivity contribution in [2.45, 2.75) is 25.3 Å². The first-order valence-electron chi connectivity index (χ1n) is 5.31. The summed E-state index contributed by atoms with van der Waals surface area (Å²) >= 11 is 0. The maximum Gasteiger partial charge on any atom is 0.126 e. The van der Waals surface area contributed by atoms with Crippen LogP contribution in [0.3, 0.4) is 0 Å². The van der Waals surface area contributed by atoms with E-state index in [-0.39, 0.29) is 11.4 Å². The zero-order chi connectivity index (χ0) is 10.9. The van der Waals surface area contributed by atoms with Crippen molar-refractivity contribution in [1.82, 2.24) is 5.32 Å². The van der Waals surface area contributed by atoms with E-state index in [2.05, 4.69) is 18.8 Å². The predicted octanol–water partition coefficient (Wildman–Crippen LogP) is 2.76. The van der Waals surface area contributed by atoms with Crippen LogP contribution in [-0.4, -0.2) is 6.54 Å². The summed E-state index contributed by atoms with van der Waals surface area (Å²) < 4.78 is 13.6. The minimum atomic E-state index is -0.155. The summed E-state index contributed by atoms with van der Waals surface area (Å²) in [6.45, 7) is 6.70. The number of nitrogens with one attached hydrogen (secondary N) is 1. The summed E-state index contributed by atoms with van der Waals surface area (Å²) in [6.07, 6.45) is 3.48. The fourth-order valence-corrected chi connectivity index (χ4v) is 2.36. The molecule has 0 radical (unpaired) electrons. The molecule has 1 aromatic carbocycles. The van der Waals surface area contributed by atoms with Crippen LogP contribution >= 0.6 is 0 Å². The molecule has 0 aliphatic carbocycles. The molecule has 0 spiro atoms. The highest BCUT2D eigenvalue weighted by Crippen LogP contribution is 2.32. The molecule has 2 heteroatoms. The maximum atomic E-state index is 13.6. The van der Waals surface area contributed by atoms with Gasteiger partial charge in [-0.05, 0) is 37.0 Å². The molecule has 1 atom stereocenters. The van der Waals surface area contributed by atoms with Gasteiger partial charge in [0.2, 0.25) is 0 Å². The first-order chi connectivity index (χ1) is 7.17. The summed E-state index contributed by atoms with van der Waals surface area (Å²) in [6, 6.07) is 5.33. The first kappa shape index (κ1) is 10.4. The number of benzene rings is 1. The molecule has 1 unspecified atom stereocenters. The molecule has 0 saturated carbocycles. The molecule has 1 nitrogen and oxygen atoms in total. The van der Waals surface area contributed by atoms with Crippen LogP contribution in [0.25, 0.3) is 0 Å². The monoisotopic (exact) mass is 205 g/mol. The quantitative estimate of drug-likeness (QED) is 0.732. The zero-order valence-corrected chi connectivity index (χ0v) is 9.02. The fraction of sp³-hybridized carbons (Fsp3) is 0.385. The molecule has 0 bridgehead atoms. The number of rotatable bonds is 2. The molecular formula is C13H16FN. The third-order valence-corrected chi connectivity index (χ3v) is 3.16. The fourth-order valence-electron chi connectivity index (χ4n) is 2.36. The largest absolute Gasteiger partial charge is 0.307 e. The van der Waals surface area contributed by atoms with Gasteiger partial charge in [0.1, 0.15) is 5.82 Å². The minimum absolute atomic E-state index is 0.0794. The van der Waals surface area contributed by atoms with Gasteiger partial charge in [-0.1, -0.05) is 18.2 Å². The van der Waals surface area contributed by atoms with Gasteiger partial charge in [-0.15, -0.1) is 6.58 Å². The van der Waals surface area contributed by atoms with Crippen molar-refractivity contribution in [3.63, 3.8) is 0 Å². The second-order valence-electron chi connectivity index (χ2n) is 4.27. The van der Waals surface area contributed by atoms with Crippen LogP contribution in [-0.2, 0) is 12.0 Å². The summed E-state index contributed by atoms with van der Waals surface area (Å²) in [5.74, 6) is -0.0794. The van der Waals surface area contributed by atoms with Crippen molar-refractivity contribution < 1.29 is 4.39 Å². The van der Waals surface area contributed by atoms with Crippen molar-refractivity contribution in [2.75, 3.05) is 6.54 Å². The minimum Gasteiger partial charge on any atom is -0.307 e. The Morgan fingerprint density at radius 3 is 3.13 bits per heavy atom. The topological polar surface area (TPSA) is 12.0 Å². The third-order valence-electron chi connectivity index (χ3n) is 3.16. The number of fused-ring (bicyclic) bond motifs is 1. The lowest BCUT2D eigenvalue weighted by atomic mass is 9.81. The van der Waals surface area contributed by atoms with E-state index in [1.54, 1.807) is 12.1 Å². The first-order valence-corrected chi connectivity index (χ1v) is 5.31. The zero-order valence-electron chi connectivity index (χ0n) is 9.02. The molecule has 0 amide bonds. The van der Waals surface area contributed by atoms with E-state index in [9.17, 15) is 4.39 Å². The van der Waals surface area contributed by atoms with Crippen LogP contribution < -0.4 is 5.32 Å². The van der Waals surface area contributed by atoms with Crippen molar-refractivity contribution in [3.05, 3.63) is 47.8 Å². The number of hydrogen-bond acceptors (Lipinski definition) is 1. The Morgan fingerprint density at radius 1 is 1.60 bits per heavy atom. The number of halogens is 1. The van der Waals surface area contributed by atoms with Gasteiger partial charge < -0.3 is 5.32 Å². The summed E-state index contributed by atoms with van der Waals surface area (Å²) in [4.78, 5) is 0. The summed E-state index contributed by atoms with van der Waals surface area (Å²) in [5.41, 5.74) is 1.78. The van der Waals surface area contributed by atoms with Crippen LogP contribution in [0, 0.1) is 5.82 Å². The Hall–Kier alpha value is -1.15. The Balaban J connectivity index is 2.51. The molecule has 1 N–H and O–H groups in total. The van der Waals surface area contributed by atoms with E-state index in [0.29, 0.717) is 0 Å². The van der Waals surface area contributed by atoms with E-state index in [1.165, 1.54) is 0 Å². The van der Waals surface area contributed by atoms with Crippen LogP contribution in [0.1, 0.15) is 24.5 Å². The molecule has 1 aliphatic rings. The van der Waals surface area contributed by atoms with Gasteiger partial charge in [-0.25, -0.2) is 4.39 Å². The Morgan fingerprint density at radius 2 is 2.40 bits per heavy atom. The lowest BCUT2D eigenvalue weighted by Crippen LogP contribution is -2.44. The average Bonchev–Trinajstić information content (AvgIpc) is 2.20. The summed E-state index contributed by atoms with van der Waals surface area (Å²) in [7, 11) is 0.